The van der Waals surface area contributed by atoms with Crippen LogP contribution < -0.4 is 10.1 Å². The topological polar surface area (TPSA) is 77.1 Å². The van der Waals surface area contributed by atoms with Gasteiger partial charge in [0.2, 0.25) is 0 Å². The summed E-state index contributed by atoms with van der Waals surface area (Å²) in [5.41, 5.74) is 0.881. The van der Waals surface area contributed by atoms with E-state index in [1.165, 1.54) is 24.1 Å². The molecule has 0 aromatic heterocycles. The Bertz CT molecular complexity index is 816. The summed E-state index contributed by atoms with van der Waals surface area (Å²) in [5, 5.41) is 3.16. The van der Waals surface area contributed by atoms with Crippen molar-refractivity contribution in [3.8, 4) is 5.75 Å². The largest absolute Gasteiger partial charge is 0.491 e. The van der Waals surface area contributed by atoms with Crippen LogP contribution in [0.1, 0.15) is 22.8 Å². The van der Waals surface area contributed by atoms with Gasteiger partial charge in [-0.3, -0.25) is 0 Å². The van der Waals surface area contributed by atoms with Crippen molar-refractivity contribution in [2.24, 2.45) is 0 Å². The number of ether oxygens (including phenoxy) is 3. The number of likely N-dealkylation sites (N-methyl/N-ethyl adjacent to an activating group) is 1. The monoisotopic (exact) mass is 418 g/mol. The van der Waals surface area contributed by atoms with E-state index in [9.17, 15) is 14.0 Å². The highest BCUT2D eigenvalue weighted by Crippen LogP contribution is 2.20. The molecule has 7 nitrogen and oxygen atoms in total. The van der Waals surface area contributed by atoms with Crippen molar-refractivity contribution in [3.63, 3.8) is 0 Å². The van der Waals surface area contributed by atoms with Gasteiger partial charge in [-0.15, -0.1) is 0 Å². The zero-order valence-corrected chi connectivity index (χ0v) is 17.2. The molecule has 1 N–H and O–H groups in total. The molecule has 0 fully saturated rings. The molecule has 30 heavy (non-hydrogen) atoms. The van der Waals surface area contributed by atoms with E-state index < -0.39 is 17.9 Å². The molecule has 0 bridgehead atoms. The second-order valence-corrected chi connectivity index (χ2v) is 6.36. The molecule has 0 atom stereocenters. The molecule has 0 aliphatic carbocycles. The van der Waals surface area contributed by atoms with Crippen molar-refractivity contribution in [2.45, 2.75) is 13.5 Å². The molecular formula is C22H27FN2O5. The highest BCUT2D eigenvalue weighted by molar-refractivity contribution is 5.92. The second-order valence-electron chi connectivity index (χ2n) is 6.36. The fourth-order valence-corrected chi connectivity index (χ4v) is 2.66. The van der Waals surface area contributed by atoms with Gasteiger partial charge < -0.3 is 24.4 Å². The molecule has 0 aliphatic heterocycles. The minimum absolute atomic E-state index is 0.0108. The van der Waals surface area contributed by atoms with Gasteiger partial charge in [0.25, 0.3) is 0 Å². The molecule has 8 heteroatoms. The van der Waals surface area contributed by atoms with Gasteiger partial charge in [0, 0.05) is 13.1 Å². The Morgan fingerprint density at radius 2 is 1.87 bits per heavy atom. The van der Waals surface area contributed by atoms with Gasteiger partial charge in [-0.25, -0.2) is 14.0 Å². The number of benzene rings is 2. The van der Waals surface area contributed by atoms with Crippen molar-refractivity contribution in [2.75, 3.05) is 39.9 Å². The molecule has 2 rings (SSSR count). The number of rotatable bonds is 11. The molecular weight excluding hydrogens is 391 g/mol. The summed E-state index contributed by atoms with van der Waals surface area (Å²) in [6, 6.07) is 13.0. The number of carbonyl (C=O) groups is 2. The number of nitrogens with one attached hydrogen (secondary N) is 1. The van der Waals surface area contributed by atoms with Crippen LogP contribution >= 0.6 is 0 Å². The highest BCUT2D eigenvalue weighted by atomic mass is 19.1. The number of hydrogen-bond acceptors (Lipinski definition) is 6. The first-order chi connectivity index (χ1) is 14.5. The van der Waals surface area contributed by atoms with E-state index >= 15 is 0 Å². The number of amides is 1. The first-order valence-electron chi connectivity index (χ1n) is 9.72. The first-order valence-corrected chi connectivity index (χ1v) is 9.72. The quantitative estimate of drug-likeness (QED) is 0.446. The summed E-state index contributed by atoms with van der Waals surface area (Å²) >= 11 is 0. The van der Waals surface area contributed by atoms with E-state index in [4.69, 9.17) is 9.47 Å². The summed E-state index contributed by atoms with van der Waals surface area (Å²) in [7, 11) is 1.21. The molecule has 1 amide bonds. The fraction of sp³-hybridized carbons (Fsp3) is 0.364. The number of nitrogens with zero attached hydrogens (tertiary/aromatic N) is 1. The molecule has 2 aromatic rings. The summed E-state index contributed by atoms with van der Waals surface area (Å²) in [4.78, 5) is 25.9. The minimum atomic E-state index is -0.698. The lowest BCUT2D eigenvalue weighted by Crippen LogP contribution is -2.39. The van der Waals surface area contributed by atoms with Gasteiger partial charge in [0.15, 0.2) is 0 Å². The summed E-state index contributed by atoms with van der Waals surface area (Å²) in [5.74, 6) is -1.08. The van der Waals surface area contributed by atoms with Gasteiger partial charge in [0.05, 0.1) is 13.7 Å². The van der Waals surface area contributed by atoms with Gasteiger partial charge in [-0.2, -0.15) is 0 Å². The highest BCUT2D eigenvalue weighted by Gasteiger charge is 2.17. The maximum atomic E-state index is 13.5. The predicted molar refractivity (Wildman–Crippen MR) is 110 cm³/mol. The van der Waals surface area contributed by atoms with Crippen LogP contribution in [0, 0.1) is 5.82 Å². The average molecular weight is 418 g/mol. The summed E-state index contributed by atoms with van der Waals surface area (Å²) < 4.78 is 29.1. The van der Waals surface area contributed by atoms with Crippen molar-refractivity contribution >= 4 is 12.1 Å². The fourth-order valence-electron chi connectivity index (χ4n) is 2.66. The third-order valence-electron chi connectivity index (χ3n) is 4.24. The summed E-state index contributed by atoms with van der Waals surface area (Å²) in [6.07, 6.45) is -0.465. The van der Waals surface area contributed by atoms with Gasteiger partial charge >= 0.3 is 12.1 Å². The summed E-state index contributed by atoms with van der Waals surface area (Å²) in [6.45, 7) is 4.28. The van der Waals surface area contributed by atoms with Crippen LogP contribution in [-0.2, 0) is 16.1 Å². The Morgan fingerprint density at radius 1 is 1.10 bits per heavy atom. The van der Waals surface area contributed by atoms with Crippen LogP contribution in [0.15, 0.2) is 48.5 Å². The van der Waals surface area contributed by atoms with E-state index in [0.717, 1.165) is 18.2 Å². The molecule has 0 radical (unpaired) electrons. The zero-order chi connectivity index (χ0) is 21.8. The Hall–Kier alpha value is -3.13. The van der Waals surface area contributed by atoms with Crippen LogP contribution in [0.4, 0.5) is 9.18 Å². The van der Waals surface area contributed by atoms with Crippen molar-refractivity contribution < 1.29 is 28.2 Å². The van der Waals surface area contributed by atoms with Crippen molar-refractivity contribution in [1.29, 1.82) is 0 Å². The first kappa shape index (κ1) is 23.2. The van der Waals surface area contributed by atoms with Crippen LogP contribution in [0.25, 0.3) is 0 Å². The molecule has 0 heterocycles. The SMILES string of the molecule is CCNCCN(CCOc1ccc(F)cc1C(=O)OC)C(=O)OCc1ccccc1. The number of carbonyl (C=O) groups excluding carboxylic acids is 2. The third kappa shape index (κ3) is 7.36. The van der Waals surface area contributed by atoms with E-state index in [2.05, 4.69) is 10.1 Å². The maximum absolute atomic E-state index is 13.5. The van der Waals surface area contributed by atoms with E-state index in [1.807, 2.05) is 37.3 Å². The predicted octanol–water partition coefficient (Wildman–Crippen LogP) is 3.24. The molecule has 0 saturated heterocycles. The Morgan fingerprint density at radius 3 is 2.57 bits per heavy atom. The molecule has 0 unspecified atom stereocenters. The van der Waals surface area contributed by atoms with Gasteiger partial charge in [-0.05, 0) is 30.3 Å². The molecule has 162 valence electrons. The number of methoxy groups -OCH3 is 1. The molecule has 2 aromatic carbocycles. The van der Waals surface area contributed by atoms with Crippen molar-refractivity contribution in [3.05, 3.63) is 65.5 Å². The molecule has 0 aliphatic rings. The Kier molecular flexibility index (Phi) is 9.60. The number of halogens is 1. The van der Waals surface area contributed by atoms with Crippen molar-refractivity contribution in [1.82, 2.24) is 10.2 Å². The number of hydrogen-bond donors (Lipinski definition) is 1. The molecule has 0 saturated carbocycles. The smallest absolute Gasteiger partial charge is 0.410 e. The standard InChI is InChI=1S/C22H27FN2O5/c1-3-24-11-12-25(22(27)30-16-17-7-5-4-6-8-17)13-14-29-20-10-9-18(23)15-19(20)21(26)28-2/h4-10,15,24H,3,11-14,16H2,1-2H3. The second kappa shape index (κ2) is 12.4. The lowest BCUT2D eigenvalue weighted by atomic mass is 10.2. The van der Waals surface area contributed by atoms with E-state index in [0.29, 0.717) is 13.1 Å². The van der Waals surface area contributed by atoms with Crippen LogP contribution in [0.2, 0.25) is 0 Å². The Labute approximate surface area is 175 Å². The van der Waals surface area contributed by atoms with Crippen LogP contribution in [-0.4, -0.2) is 56.9 Å². The molecule has 0 spiro atoms. The average Bonchev–Trinajstić information content (AvgIpc) is 2.77. The maximum Gasteiger partial charge on any atom is 0.410 e. The number of esters is 1. The van der Waals surface area contributed by atoms with E-state index in [1.54, 1.807) is 0 Å². The zero-order valence-electron chi connectivity index (χ0n) is 17.2. The van der Waals surface area contributed by atoms with Gasteiger partial charge in [-0.1, -0.05) is 37.3 Å². The minimum Gasteiger partial charge on any atom is -0.491 e. The third-order valence-corrected chi connectivity index (χ3v) is 4.24. The Balaban J connectivity index is 1.95. The normalized spacial score (nSPS) is 10.4. The lowest BCUT2D eigenvalue weighted by Gasteiger charge is -2.22. The van der Waals surface area contributed by atoms with Crippen LogP contribution in [0.3, 0.4) is 0 Å². The van der Waals surface area contributed by atoms with Gasteiger partial charge in [0.1, 0.15) is 30.3 Å². The van der Waals surface area contributed by atoms with Crippen LogP contribution in [0.5, 0.6) is 5.75 Å². The van der Waals surface area contributed by atoms with E-state index in [-0.39, 0.29) is 31.1 Å². The lowest BCUT2D eigenvalue weighted by molar-refractivity contribution is 0.0593.